The standard InChI is InChI=1S/C15H10Cl2N2O4/c16-11-3-1-9(7-12(11)17)14(20)5-6-18-13-8-10(19(22)23)2-4-15(13)21/h1-8,18,21H. The van der Waals surface area contributed by atoms with Crippen molar-refractivity contribution in [2.45, 2.75) is 0 Å². The number of nitrogens with zero attached hydrogens (tertiary/aromatic N) is 1. The Morgan fingerprint density at radius 3 is 2.57 bits per heavy atom. The van der Waals surface area contributed by atoms with Crippen molar-refractivity contribution < 1.29 is 14.8 Å². The number of hydrogen-bond acceptors (Lipinski definition) is 5. The number of phenolic OH excluding ortho intramolecular Hbond substituents is 1. The second-order valence-corrected chi connectivity index (χ2v) is 5.24. The maximum atomic E-state index is 12.0. The van der Waals surface area contributed by atoms with Gasteiger partial charge in [-0.15, -0.1) is 0 Å². The lowest BCUT2D eigenvalue weighted by atomic mass is 10.1. The van der Waals surface area contributed by atoms with Gasteiger partial charge in [-0.2, -0.15) is 0 Å². The van der Waals surface area contributed by atoms with Crippen molar-refractivity contribution in [2.24, 2.45) is 0 Å². The van der Waals surface area contributed by atoms with Crippen LogP contribution < -0.4 is 5.32 Å². The molecule has 0 saturated carbocycles. The fourth-order valence-electron chi connectivity index (χ4n) is 1.71. The summed E-state index contributed by atoms with van der Waals surface area (Å²) in [5.41, 5.74) is 0.257. The van der Waals surface area contributed by atoms with E-state index in [2.05, 4.69) is 5.32 Å². The Labute approximate surface area is 141 Å². The van der Waals surface area contributed by atoms with Crippen LogP contribution in [0.3, 0.4) is 0 Å². The van der Waals surface area contributed by atoms with Gasteiger partial charge in [0.1, 0.15) is 5.75 Å². The summed E-state index contributed by atoms with van der Waals surface area (Å²) in [4.78, 5) is 22.1. The van der Waals surface area contributed by atoms with Gasteiger partial charge in [-0.25, -0.2) is 0 Å². The average Bonchev–Trinajstić information content (AvgIpc) is 2.51. The number of aromatic hydroxyl groups is 1. The number of non-ortho nitro benzene ring substituents is 1. The van der Waals surface area contributed by atoms with E-state index in [9.17, 15) is 20.0 Å². The van der Waals surface area contributed by atoms with Crippen molar-refractivity contribution in [1.29, 1.82) is 0 Å². The van der Waals surface area contributed by atoms with Crippen molar-refractivity contribution in [3.63, 3.8) is 0 Å². The predicted octanol–water partition coefficient (Wildman–Crippen LogP) is 4.42. The molecule has 0 heterocycles. The molecule has 0 aliphatic rings. The third-order valence-corrected chi connectivity index (χ3v) is 3.61. The minimum atomic E-state index is -0.588. The Kier molecular flexibility index (Phi) is 5.20. The largest absolute Gasteiger partial charge is 0.506 e. The van der Waals surface area contributed by atoms with Crippen molar-refractivity contribution in [1.82, 2.24) is 0 Å². The van der Waals surface area contributed by atoms with Gasteiger partial charge in [0, 0.05) is 30.0 Å². The number of ketones is 1. The summed E-state index contributed by atoms with van der Waals surface area (Å²) in [7, 11) is 0. The number of rotatable bonds is 5. The van der Waals surface area contributed by atoms with Gasteiger partial charge in [-0.1, -0.05) is 23.2 Å². The lowest BCUT2D eigenvalue weighted by Crippen LogP contribution is -1.97. The normalized spacial score (nSPS) is 10.7. The number of nitro groups is 1. The van der Waals surface area contributed by atoms with Crippen molar-refractivity contribution >= 4 is 40.4 Å². The Balaban J connectivity index is 2.12. The van der Waals surface area contributed by atoms with Gasteiger partial charge < -0.3 is 10.4 Å². The van der Waals surface area contributed by atoms with Gasteiger partial charge in [0.05, 0.1) is 20.7 Å². The highest BCUT2D eigenvalue weighted by molar-refractivity contribution is 6.42. The number of hydrogen-bond donors (Lipinski definition) is 2. The number of carbonyl (C=O) groups is 1. The summed E-state index contributed by atoms with van der Waals surface area (Å²) in [5.74, 6) is -0.525. The Morgan fingerprint density at radius 1 is 1.17 bits per heavy atom. The molecule has 2 N–H and O–H groups in total. The van der Waals surface area contributed by atoms with E-state index in [1.165, 1.54) is 42.6 Å². The summed E-state index contributed by atoms with van der Waals surface area (Å²) >= 11 is 11.6. The molecule has 0 atom stereocenters. The van der Waals surface area contributed by atoms with Crippen LogP contribution in [-0.4, -0.2) is 15.8 Å². The molecule has 118 valence electrons. The number of halogens is 2. The number of nitro benzene ring substituents is 1. The summed E-state index contributed by atoms with van der Waals surface area (Å²) in [6.07, 6.45) is 2.47. The second-order valence-electron chi connectivity index (χ2n) is 4.43. The first-order valence-corrected chi connectivity index (χ1v) is 7.04. The van der Waals surface area contributed by atoms with E-state index < -0.39 is 4.92 Å². The minimum absolute atomic E-state index is 0.109. The molecule has 0 saturated heterocycles. The zero-order valence-corrected chi connectivity index (χ0v) is 13.0. The molecule has 6 nitrogen and oxygen atoms in total. The molecule has 0 unspecified atom stereocenters. The first-order chi connectivity index (χ1) is 10.9. The molecule has 2 aromatic rings. The SMILES string of the molecule is O=C(C=CNc1cc([N+](=O)[O-])ccc1O)c1ccc(Cl)c(Cl)c1. The average molecular weight is 353 g/mol. The van der Waals surface area contributed by atoms with Crippen LogP contribution in [0.5, 0.6) is 5.75 Å². The van der Waals surface area contributed by atoms with Crippen molar-refractivity contribution in [3.05, 3.63) is 74.4 Å². The van der Waals surface area contributed by atoms with E-state index in [1.807, 2.05) is 0 Å². The zero-order chi connectivity index (χ0) is 17.0. The van der Waals surface area contributed by atoms with Crippen molar-refractivity contribution in [2.75, 3.05) is 5.32 Å². The predicted molar refractivity (Wildman–Crippen MR) is 88.3 cm³/mol. The minimum Gasteiger partial charge on any atom is -0.506 e. The summed E-state index contributed by atoms with van der Waals surface area (Å²) in [6.45, 7) is 0. The molecule has 0 spiro atoms. The number of carbonyl (C=O) groups excluding carboxylic acids is 1. The van der Waals surface area contributed by atoms with Gasteiger partial charge >= 0.3 is 0 Å². The lowest BCUT2D eigenvalue weighted by Gasteiger charge is -2.04. The zero-order valence-electron chi connectivity index (χ0n) is 11.5. The Bertz CT molecular complexity index is 806. The van der Waals surface area contributed by atoms with Gasteiger partial charge in [0.2, 0.25) is 0 Å². The fourth-order valence-corrected chi connectivity index (χ4v) is 2.00. The van der Waals surface area contributed by atoms with E-state index in [0.717, 1.165) is 6.07 Å². The summed E-state index contributed by atoms with van der Waals surface area (Å²) in [5, 5.41) is 23.5. The van der Waals surface area contributed by atoms with Crippen LogP contribution in [0, 0.1) is 10.1 Å². The highest BCUT2D eigenvalue weighted by Gasteiger charge is 2.09. The number of anilines is 1. The Hall–Kier alpha value is -2.57. The van der Waals surface area contributed by atoms with Crippen LogP contribution in [0.25, 0.3) is 0 Å². The highest BCUT2D eigenvalue weighted by Crippen LogP contribution is 2.28. The topological polar surface area (TPSA) is 92.5 Å². The van der Waals surface area contributed by atoms with Gasteiger partial charge in [-0.3, -0.25) is 14.9 Å². The fraction of sp³-hybridized carbons (Fsp3) is 0. The first-order valence-electron chi connectivity index (χ1n) is 6.28. The monoisotopic (exact) mass is 352 g/mol. The molecular weight excluding hydrogens is 343 g/mol. The van der Waals surface area contributed by atoms with Crippen molar-refractivity contribution in [3.8, 4) is 5.75 Å². The first kappa shape index (κ1) is 16.8. The molecule has 0 radical (unpaired) electrons. The molecule has 0 fully saturated rings. The molecule has 0 aromatic heterocycles. The third-order valence-electron chi connectivity index (χ3n) is 2.87. The van der Waals surface area contributed by atoms with Crippen LogP contribution in [0.4, 0.5) is 11.4 Å². The van der Waals surface area contributed by atoms with Crippen LogP contribution >= 0.6 is 23.2 Å². The quantitative estimate of drug-likeness (QED) is 0.273. The van der Waals surface area contributed by atoms with Crippen LogP contribution in [0.15, 0.2) is 48.7 Å². The van der Waals surface area contributed by atoms with Gasteiger partial charge in [-0.05, 0) is 24.3 Å². The maximum absolute atomic E-state index is 12.0. The van der Waals surface area contributed by atoms with E-state index in [-0.39, 0.29) is 27.9 Å². The number of benzene rings is 2. The smallest absolute Gasteiger partial charge is 0.271 e. The molecule has 0 aliphatic heterocycles. The maximum Gasteiger partial charge on any atom is 0.271 e. The Morgan fingerprint density at radius 2 is 1.91 bits per heavy atom. The number of nitrogens with one attached hydrogen (secondary N) is 1. The molecule has 0 amide bonds. The van der Waals surface area contributed by atoms with E-state index in [1.54, 1.807) is 0 Å². The number of allylic oxidation sites excluding steroid dienone is 1. The van der Waals surface area contributed by atoms with E-state index in [0.29, 0.717) is 10.6 Å². The van der Waals surface area contributed by atoms with Gasteiger partial charge in [0.25, 0.3) is 5.69 Å². The lowest BCUT2D eigenvalue weighted by molar-refractivity contribution is -0.384. The van der Waals surface area contributed by atoms with Crippen LogP contribution in [0.1, 0.15) is 10.4 Å². The molecule has 8 heteroatoms. The van der Waals surface area contributed by atoms with Crippen LogP contribution in [0.2, 0.25) is 10.0 Å². The molecular formula is C15H10Cl2N2O4. The van der Waals surface area contributed by atoms with E-state index in [4.69, 9.17) is 23.2 Å². The summed E-state index contributed by atoms with van der Waals surface area (Å²) in [6, 6.07) is 7.97. The third kappa shape index (κ3) is 4.21. The second kappa shape index (κ2) is 7.13. The van der Waals surface area contributed by atoms with Gasteiger partial charge in [0.15, 0.2) is 5.78 Å². The highest BCUT2D eigenvalue weighted by atomic mass is 35.5. The summed E-state index contributed by atoms with van der Waals surface area (Å²) < 4.78 is 0. The molecule has 2 rings (SSSR count). The van der Waals surface area contributed by atoms with Crippen LogP contribution in [-0.2, 0) is 0 Å². The molecule has 0 bridgehead atoms. The molecule has 23 heavy (non-hydrogen) atoms. The van der Waals surface area contributed by atoms with E-state index >= 15 is 0 Å². The number of phenols is 1. The molecule has 0 aliphatic carbocycles. The molecule has 2 aromatic carbocycles.